The normalized spacial score (nSPS) is 10.7. The highest BCUT2D eigenvalue weighted by molar-refractivity contribution is 6.32. The van der Waals surface area contributed by atoms with Crippen molar-refractivity contribution in [1.29, 1.82) is 0 Å². The molecular weight excluding hydrogens is 514 g/mol. The van der Waals surface area contributed by atoms with Crippen LogP contribution in [0.5, 0.6) is 0 Å². The summed E-state index contributed by atoms with van der Waals surface area (Å²) in [6, 6.07) is 13.5. The third-order valence-corrected chi connectivity index (χ3v) is 4.85. The number of anilines is 4. The summed E-state index contributed by atoms with van der Waals surface area (Å²) in [5.41, 5.74) is 3.60. The number of nitrogens with zero attached hydrogens (tertiary/aromatic N) is 6. The molecule has 4 rings (SSSR count). The molecule has 0 saturated carbocycles. The topological polar surface area (TPSA) is 135 Å². The second kappa shape index (κ2) is 11.4. The number of aromatic nitrogens is 3. The molecule has 2 aromatic carbocycles. The van der Waals surface area contributed by atoms with Gasteiger partial charge in [0.1, 0.15) is 22.4 Å². The SMILES string of the molecule is CN(C)c1nc(NN=Cc2ccc(-c3ccc(Cl)c([N+](=O)[O-])c3)o2)nc(Nc2ccc(F)cc2)n1.Cl. The Bertz CT molecular complexity index is 1400. The molecular formula is C22H19Cl2FN8O3. The zero-order valence-electron chi connectivity index (χ0n) is 18.8. The van der Waals surface area contributed by atoms with Crippen molar-refractivity contribution in [3.05, 3.63) is 81.3 Å². The van der Waals surface area contributed by atoms with Crippen LogP contribution in [0, 0.1) is 15.9 Å². The van der Waals surface area contributed by atoms with Crippen LogP contribution in [0.4, 0.5) is 33.6 Å². The van der Waals surface area contributed by atoms with Gasteiger partial charge in [0, 0.05) is 31.4 Å². The number of halogens is 3. The lowest BCUT2D eigenvalue weighted by atomic mass is 10.1. The number of hydrogen-bond acceptors (Lipinski definition) is 10. The van der Waals surface area contributed by atoms with E-state index in [0.717, 1.165) is 0 Å². The minimum Gasteiger partial charge on any atom is -0.455 e. The molecule has 0 saturated heterocycles. The second-order valence-electron chi connectivity index (χ2n) is 7.30. The van der Waals surface area contributed by atoms with Crippen molar-refractivity contribution in [2.24, 2.45) is 5.10 Å². The van der Waals surface area contributed by atoms with Crippen LogP contribution in [0.2, 0.25) is 5.02 Å². The van der Waals surface area contributed by atoms with Gasteiger partial charge in [-0.05, 0) is 48.5 Å². The number of nitro benzene ring substituents is 1. The van der Waals surface area contributed by atoms with E-state index in [0.29, 0.717) is 28.7 Å². The van der Waals surface area contributed by atoms with E-state index >= 15 is 0 Å². The molecule has 0 amide bonds. The Morgan fingerprint density at radius 3 is 2.50 bits per heavy atom. The first-order valence-electron chi connectivity index (χ1n) is 10.1. The highest BCUT2D eigenvalue weighted by Crippen LogP contribution is 2.31. The molecule has 14 heteroatoms. The van der Waals surface area contributed by atoms with Crippen molar-refractivity contribution in [2.45, 2.75) is 0 Å². The molecule has 0 spiro atoms. The summed E-state index contributed by atoms with van der Waals surface area (Å²) < 4.78 is 18.9. The Labute approximate surface area is 215 Å². The van der Waals surface area contributed by atoms with Crippen LogP contribution < -0.4 is 15.6 Å². The van der Waals surface area contributed by atoms with Crippen molar-refractivity contribution in [3.63, 3.8) is 0 Å². The van der Waals surface area contributed by atoms with Gasteiger partial charge in [-0.2, -0.15) is 20.1 Å². The number of hydrogen-bond donors (Lipinski definition) is 2. The van der Waals surface area contributed by atoms with Gasteiger partial charge in [0.25, 0.3) is 5.69 Å². The van der Waals surface area contributed by atoms with Crippen LogP contribution in [0.1, 0.15) is 5.76 Å². The second-order valence-corrected chi connectivity index (χ2v) is 7.71. The molecule has 36 heavy (non-hydrogen) atoms. The fourth-order valence-electron chi connectivity index (χ4n) is 2.87. The Hall–Kier alpha value is -4.29. The predicted octanol–water partition coefficient (Wildman–Crippen LogP) is 5.51. The Morgan fingerprint density at radius 2 is 1.81 bits per heavy atom. The number of rotatable bonds is 8. The lowest BCUT2D eigenvalue weighted by molar-refractivity contribution is -0.384. The number of hydrazone groups is 1. The summed E-state index contributed by atoms with van der Waals surface area (Å²) in [6.07, 6.45) is 1.40. The molecule has 0 aliphatic rings. The first-order valence-corrected chi connectivity index (χ1v) is 10.5. The van der Waals surface area contributed by atoms with Crippen molar-refractivity contribution in [2.75, 3.05) is 29.7 Å². The molecule has 4 aromatic rings. The molecule has 0 aliphatic heterocycles. The highest BCUT2D eigenvalue weighted by atomic mass is 35.5. The molecule has 2 aromatic heterocycles. The van der Waals surface area contributed by atoms with Gasteiger partial charge >= 0.3 is 0 Å². The number of nitrogens with one attached hydrogen (secondary N) is 2. The standard InChI is InChI=1S/C22H18ClFN8O3.ClH/c1-31(2)22-28-20(26-15-6-4-14(24)5-7-15)27-21(29-22)30-25-12-16-8-10-19(35-16)13-3-9-17(23)18(11-13)32(33)34;/h3-12H,1-2H3,(H2,26,27,28,29,30);1H. The minimum absolute atomic E-state index is 0. The van der Waals surface area contributed by atoms with Crippen LogP contribution in [-0.4, -0.2) is 40.2 Å². The van der Waals surface area contributed by atoms with E-state index < -0.39 is 4.92 Å². The molecule has 0 bridgehead atoms. The van der Waals surface area contributed by atoms with Gasteiger partial charge in [-0.1, -0.05) is 11.6 Å². The van der Waals surface area contributed by atoms with Gasteiger partial charge in [0.2, 0.25) is 17.8 Å². The largest absolute Gasteiger partial charge is 0.455 e. The van der Waals surface area contributed by atoms with E-state index in [-0.39, 0.29) is 40.8 Å². The first-order chi connectivity index (χ1) is 16.8. The van der Waals surface area contributed by atoms with Crippen LogP contribution in [-0.2, 0) is 0 Å². The molecule has 0 unspecified atom stereocenters. The zero-order valence-corrected chi connectivity index (χ0v) is 20.4. The maximum atomic E-state index is 13.2. The van der Waals surface area contributed by atoms with Gasteiger partial charge in [-0.3, -0.25) is 10.1 Å². The average Bonchev–Trinajstić information content (AvgIpc) is 3.29. The molecule has 11 nitrogen and oxygen atoms in total. The summed E-state index contributed by atoms with van der Waals surface area (Å²) in [4.78, 5) is 25.1. The van der Waals surface area contributed by atoms with Crippen LogP contribution >= 0.6 is 24.0 Å². The molecule has 0 radical (unpaired) electrons. The van der Waals surface area contributed by atoms with Crippen molar-refractivity contribution < 1.29 is 13.7 Å². The summed E-state index contributed by atoms with van der Waals surface area (Å²) in [5.74, 6) is 1.20. The quantitative estimate of drug-likeness (QED) is 0.171. The number of benzene rings is 2. The Balaban J connectivity index is 0.00000361. The minimum atomic E-state index is -0.559. The lowest BCUT2D eigenvalue weighted by Crippen LogP contribution is -2.15. The van der Waals surface area contributed by atoms with Gasteiger partial charge in [0.15, 0.2) is 0 Å². The Morgan fingerprint density at radius 1 is 1.08 bits per heavy atom. The summed E-state index contributed by atoms with van der Waals surface area (Å²) in [6.45, 7) is 0. The predicted molar refractivity (Wildman–Crippen MR) is 138 cm³/mol. The van der Waals surface area contributed by atoms with Crippen molar-refractivity contribution >= 4 is 59.4 Å². The lowest BCUT2D eigenvalue weighted by Gasteiger charge is -2.13. The van der Waals surface area contributed by atoms with E-state index in [1.54, 1.807) is 49.3 Å². The summed E-state index contributed by atoms with van der Waals surface area (Å²) in [5, 5.41) is 18.2. The Kier molecular flexibility index (Phi) is 8.35. The van der Waals surface area contributed by atoms with Gasteiger partial charge in [-0.25, -0.2) is 9.82 Å². The molecule has 186 valence electrons. The monoisotopic (exact) mass is 532 g/mol. The van der Waals surface area contributed by atoms with E-state index in [2.05, 4.69) is 30.8 Å². The molecule has 2 heterocycles. The van der Waals surface area contributed by atoms with Crippen LogP contribution in [0.3, 0.4) is 0 Å². The fourth-order valence-corrected chi connectivity index (χ4v) is 3.06. The molecule has 0 atom stereocenters. The van der Waals surface area contributed by atoms with Crippen LogP contribution in [0.15, 0.2) is 64.1 Å². The van der Waals surface area contributed by atoms with Crippen molar-refractivity contribution in [1.82, 2.24) is 15.0 Å². The maximum Gasteiger partial charge on any atom is 0.288 e. The fraction of sp³-hybridized carbons (Fsp3) is 0.0909. The summed E-state index contributed by atoms with van der Waals surface area (Å²) >= 11 is 5.86. The average molecular weight is 533 g/mol. The first kappa shape index (κ1) is 26.3. The van der Waals surface area contributed by atoms with E-state index in [9.17, 15) is 14.5 Å². The van der Waals surface area contributed by atoms with Gasteiger partial charge in [0.05, 0.1) is 11.1 Å². The van der Waals surface area contributed by atoms with Crippen LogP contribution in [0.25, 0.3) is 11.3 Å². The maximum absolute atomic E-state index is 13.2. The van der Waals surface area contributed by atoms with Crippen molar-refractivity contribution in [3.8, 4) is 11.3 Å². The molecule has 0 aliphatic carbocycles. The van der Waals surface area contributed by atoms with Gasteiger partial charge < -0.3 is 14.6 Å². The molecule has 2 N–H and O–H groups in total. The third-order valence-electron chi connectivity index (χ3n) is 4.53. The smallest absolute Gasteiger partial charge is 0.288 e. The van der Waals surface area contributed by atoms with Gasteiger partial charge in [-0.15, -0.1) is 12.4 Å². The number of furan rings is 1. The summed E-state index contributed by atoms with van der Waals surface area (Å²) in [7, 11) is 3.55. The van der Waals surface area contributed by atoms with E-state index in [1.807, 2.05) is 0 Å². The third kappa shape index (κ3) is 6.43. The van der Waals surface area contributed by atoms with E-state index in [1.165, 1.54) is 30.5 Å². The highest BCUT2D eigenvalue weighted by Gasteiger charge is 2.15. The van der Waals surface area contributed by atoms with E-state index in [4.69, 9.17) is 16.0 Å². The zero-order chi connectivity index (χ0) is 24.9. The molecule has 0 fully saturated rings. The number of nitro groups is 1.